The van der Waals surface area contributed by atoms with Crippen LogP contribution in [-0.4, -0.2) is 64.8 Å². The number of nitrogen functional groups attached to an aromatic ring is 1. The molecule has 2 fully saturated rings. The molecule has 3 atom stereocenters. The molecule has 0 saturated carbocycles. The number of anilines is 1. The molecule has 2 saturated heterocycles. The molecule has 1 unspecified atom stereocenters. The van der Waals surface area contributed by atoms with Crippen LogP contribution in [0.15, 0.2) is 61.7 Å². The summed E-state index contributed by atoms with van der Waals surface area (Å²) in [4.78, 5) is 29.1. The van der Waals surface area contributed by atoms with Gasteiger partial charge in [-0.1, -0.05) is 36.9 Å². The molecule has 0 aliphatic carbocycles. The molecule has 41 heavy (non-hydrogen) atoms. The average molecular weight is 552 g/mol. The monoisotopic (exact) mass is 551 g/mol. The first kappa shape index (κ1) is 26.6. The van der Waals surface area contributed by atoms with E-state index in [0.29, 0.717) is 18.1 Å². The van der Waals surface area contributed by atoms with Gasteiger partial charge in [0.25, 0.3) is 5.91 Å². The lowest BCUT2D eigenvalue weighted by Crippen LogP contribution is -2.46. The molecule has 0 radical (unpaired) electrons. The van der Waals surface area contributed by atoms with E-state index in [1.165, 1.54) is 6.33 Å². The number of methoxy groups -OCH3 is 1. The van der Waals surface area contributed by atoms with Crippen molar-refractivity contribution in [3.63, 3.8) is 0 Å². The normalized spacial score (nSPS) is 20.8. The van der Waals surface area contributed by atoms with Gasteiger partial charge < -0.3 is 15.4 Å². The number of allylic oxidation sites excluding steroid dienone is 5. The van der Waals surface area contributed by atoms with Crippen molar-refractivity contribution in [2.75, 3.05) is 12.8 Å². The van der Waals surface area contributed by atoms with Crippen molar-refractivity contribution in [2.24, 2.45) is 0 Å². The second kappa shape index (κ2) is 11.1. The Morgan fingerprint density at radius 1 is 1.22 bits per heavy atom. The van der Waals surface area contributed by atoms with Crippen LogP contribution in [0.1, 0.15) is 66.1 Å². The molecule has 11 heteroatoms. The quantitative estimate of drug-likeness (QED) is 0.308. The van der Waals surface area contributed by atoms with Crippen molar-refractivity contribution in [3.8, 4) is 11.1 Å². The molecule has 11 nitrogen and oxygen atoms in total. The maximum atomic E-state index is 13.2. The largest absolute Gasteiger partial charge is 0.383 e. The van der Waals surface area contributed by atoms with Crippen molar-refractivity contribution in [3.05, 3.63) is 84.5 Å². The topological polar surface area (TPSA) is 140 Å². The van der Waals surface area contributed by atoms with Gasteiger partial charge in [0.2, 0.25) is 5.82 Å². The number of nitrogens with one attached hydrogen (secondary N) is 1. The number of amides is 1. The second-order valence-electron chi connectivity index (χ2n) is 10.5. The van der Waals surface area contributed by atoms with E-state index in [-0.39, 0.29) is 29.7 Å². The smallest absolute Gasteiger partial charge is 0.291 e. The molecular weight excluding hydrogens is 518 g/mol. The molecule has 6 heterocycles. The van der Waals surface area contributed by atoms with Gasteiger partial charge in [-0.25, -0.2) is 9.97 Å². The number of aromatic nitrogens is 7. The summed E-state index contributed by atoms with van der Waals surface area (Å²) in [6, 6.07) is 4.22. The van der Waals surface area contributed by atoms with Crippen LogP contribution in [0.25, 0.3) is 22.3 Å². The molecule has 0 spiro atoms. The maximum Gasteiger partial charge on any atom is 0.291 e. The number of carbonyl (C=O) groups is 1. The molecule has 210 valence electrons. The molecule has 2 aliphatic rings. The van der Waals surface area contributed by atoms with E-state index >= 15 is 0 Å². The van der Waals surface area contributed by atoms with Crippen molar-refractivity contribution in [2.45, 2.75) is 57.2 Å². The number of hydrogen-bond acceptors (Lipinski definition) is 8. The third-order valence-electron chi connectivity index (χ3n) is 8.17. The minimum absolute atomic E-state index is 0.0939. The molecule has 1 amide bonds. The third-order valence-corrected chi connectivity index (χ3v) is 8.17. The van der Waals surface area contributed by atoms with Crippen molar-refractivity contribution >= 4 is 22.9 Å². The molecule has 2 aliphatic heterocycles. The van der Waals surface area contributed by atoms with Gasteiger partial charge in [-0.05, 0) is 44.2 Å². The van der Waals surface area contributed by atoms with Gasteiger partial charge in [0.05, 0.1) is 24.2 Å². The Bertz CT molecular complexity index is 1620. The van der Waals surface area contributed by atoms with E-state index in [4.69, 9.17) is 20.4 Å². The number of aromatic amines is 1. The summed E-state index contributed by atoms with van der Waals surface area (Å²) in [5.74, 6) is 0.830. The summed E-state index contributed by atoms with van der Waals surface area (Å²) in [6.45, 7) is 6.05. The van der Waals surface area contributed by atoms with Crippen LogP contribution in [0.4, 0.5) is 5.82 Å². The highest BCUT2D eigenvalue weighted by Crippen LogP contribution is 2.45. The van der Waals surface area contributed by atoms with Gasteiger partial charge in [0, 0.05) is 48.0 Å². The number of fused-ring (bicyclic) bond motifs is 3. The van der Waals surface area contributed by atoms with Gasteiger partial charge in [-0.15, -0.1) is 0 Å². The number of ether oxygens (including phenoxy) is 1. The summed E-state index contributed by atoms with van der Waals surface area (Å²) in [7, 11) is 1.65. The second-order valence-corrected chi connectivity index (χ2v) is 10.5. The van der Waals surface area contributed by atoms with Gasteiger partial charge in [-0.3, -0.25) is 14.9 Å². The van der Waals surface area contributed by atoms with Crippen molar-refractivity contribution in [1.82, 2.24) is 39.7 Å². The predicted molar refractivity (Wildman–Crippen MR) is 156 cm³/mol. The van der Waals surface area contributed by atoms with Gasteiger partial charge in [-0.2, -0.15) is 14.7 Å². The molecular formula is C30H33N9O2. The van der Waals surface area contributed by atoms with E-state index < -0.39 is 0 Å². The molecule has 2 bridgehead atoms. The maximum absolute atomic E-state index is 13.2. The van der Waals surface area contributed by atoms with Gasteiger partial charge in [0.15, 0.2) is 5.65 Å². The van der Waals surface area contributed by atoms with E-state index in [1.807, 2.05) is 48.4 Å². The number of carbonyl (C=O) groups excluding carboxylic acids is 1. The minimum atomic E-state index is -0.0939. The lowest BCUT2D eigenvalue weighted by atomic mass is 9.86. The van der Waals surface area contributed by atoms with Crippen LogP contribution in [-0.2, 0) is 11.3 Å². The van der Waals surface area contributed by atoms with E-state index in [0.717, 1.165) is 59.3 Å². The van der Waals surface area contributed by atoms with Gasteiger partial charge in [0.1, 0.15) is 12.1 Å². The first-order chi connectivity index (χ1) is 20.0. The third kappa shape index (κ3) is 4.71. The summed E-state index contributed by atoms with van der Waals surface area (Å²) in [6.07, 6.45) is 16.1. The molecule has 3 N–H and O–H groups in total. The van der Waals surface area contributed by atoms with E-state index in [2.05, 4.69) is 26.9 Å². The Morgan fingerprint density at radius 2 is 2.02 bits per heavy atom. The highest BCUT2D eigenvalue weighted by atomic mass is 16.5. The fourth-order valence-corrected chi connectivity index (χ4v) is 6.29. The summed E-state index contributed by atoms with van der Waals surface area (Å²) < 4.78 is 7.24. The predicted octanol–water partition coefficient (Wildman–Crippen LogP) is 4.33. The lowest BCUT2D eigenvalue weighted by molar-refractivity contribution is 0.0556. The SMILES string of the molecule is C=C/C=C\C(=C/C)c1ccc(-c2cnn3c(N)c(COC)c(C4C[C@H]5CC[C@@H](C4)N5C(=O)c4ncn[nH]4)nc23)cn1. The Balaban J connectivity index is 1.35. The lowest BCUT2D eigenvalue weighted by Gasteiger charge is -2.38. The van der Waals surface area contributed by atoms with Crippen LogP contribution < -0.4 is 5.73 Å². The average Bonchev–Trinajstić information content (AvgIpc) is 3.73. The zero-order valence-corrected chi connectivity index (χ0v) is 23.2. The molecule has 6 rings (SSSR count). The molecule has 4 aromatic heterocycles. The number of rotatable bonds is 8. The summed E-state index contributed by atoms with van der Waals surface area (Å²) in [5, 5.41) is 11.2. The standard InChI is InChI=1S/C30H33N9O2/c1-4-6-7-18(5-2)25-11-8-19(14-32-25)23-15-35-39-27(31)24(16-41-3)26(36-29(23)39)20-12-21-9-10-22(13-20)38(21)30(40)28-33-17-34-37-28/h4-8,11,14-15,17,20-22H,1,9-10,12-13,16,31H2,2-3H3,(H,33,34,37)/b7-6-,18-5+/t20?,21-,22+. The van der Waals surface area contributed by atoms with Crippen molar-refractivity contribution < 1.29 is 9.53 Å². The number of hydrogen-bond donors (Lipinski definition) is 2. The van der Waals surface area contributed by atoms with Crippen LogP contribution in [0.3, 0.4) is 0 Å². The number of nitrogens with zero attached hydrogens (tertiary/aromatic N) is 7. The Hall–Kier alpha value is -4.64. The Morgan fingerprint density at radius 3 is 2.66 bits per heavy atom. The van der Waals surface area contributed by atoms with E-state index in [1.54, 1.807) is 23.9 Å². The molecule has 4 aromatic rings. The number of piperidine rings is 1. The fraction of sp³-hybridized carbons (Fsp3) is 0.333. The first-order valence-corrected chi connectivity index (χ1v) is 13.8. The summed E-state index contributed by atoms with van der Waals surface area (Å²) >= 11 is 0. The fourth-order valence-electron chi connectivity index (χ4n) is 6.29. The van der Waals surface area contributed by atoms with Crippen LogP contribution in [0.5, 0.6) is 0 Å². The first-order valence-electron chi connectivity index (χ1n) is 13.8. The highest BCUT2D eigenvalue weighted by Gasteiger charge is 2.45. The zero-order chi connectivity index (χ0) is 28.5. The number of nitrogens with two attached hydrogens (primary N) is 1. The highest BCUT2D eigenvalue weighted by molar-refractivity contribution is 5.91. The number of H-pyrrole nitrogens is 1. The number of pyridine rings is 1. The van der Waals surface area contributed by atoms with Crippen LogP contribution >= 0.6 is 0 Å². The Kier molecular flexibility index (Phi) is 7.19. The Labute approximate surface area is 237 Å². The van der Waals surface area contributed by atoms with Gasteiger partial charge >= 0.3 is 0 Å². The minimum Gasteiger partial charge on any atom is -0.383 e. The van der Waals surface area contributed by atoms with Crippen LogP contribution in [0, 0.1) is 0 Å². The van der Waals surface area contributed by atoms with Crippen molar-refractivity contribution in [1.29, 1.82) is 0 Å². The zero-order valence-electron chi connectivity index (χ0n) is 23.2. The summed E-state index contributed by atoms with van der Waals surface area (Å²) in [5.41, 5.74) is 12.8. The molecule has 0 aromatic carbocycles. The van der Waals surface area contributed by atoms with E-state index in [9.17, 15) is 4.79 Å². The van der Waals surface area contributed by atoms with Crippen LogP contribution in [0.2, 0.25) is 0 Å².